The Morgan fingerprint density at radius 3 is 2.91 bits per heavy atom. The molecule has 1 aliphatic heterocycles. The van der Waals surface area contributed by atoms with Crippen molar-refractivity contribution in [3.63, 3.8) is 0 Å². The van der Waals surface area contributed by atoms with Crippen LogP contribution in [0.15, 0.2) is 24.5 Å². The van der Waals surface area contributed by atoms with E-state index in [4.69, 9.17) is 0 Å². The second-order valence-corrected chi connectivity index (χ2v) is 5.29. The number of carbonyl (C=O) groups is 1. The number of aromatic nitrogens is 5. The first-order chi connectivity index (χ1) is 11.1. The molecule has 4 rings (SSSR count). The fraction of sp³-hybridized carbons (Fsp3) is 0.286. The van der Waals surface area contributed by atoms with Crippen LogP contribution < -0.4 is 4.90 Å². The maximum Gasteiger partial charge on any atom is 0.280 e. The van der Waals surface area contributed by atoms with Gasteiger partial charge in [0.15, 0.2) is 5.65 Å². The van der Waals surface area contributed by atoms with Crippen molar-refractivity contribution in [2.24, 2.45) is 0 Å². The van der Waals surface area contributed by atoms with Gasteiger partial charge in [-0.15, -0.1) is 0 Å². The largest absolute Gasteiger partial charge is 0.291 e. The molecule has 0 bridgehead atoms. The molecule has 1 amide bonds. The topological polar surface area (TPSA) is 68.3 Å². The number of hydrogen-bond acceptors (Lipinski definition) is 4. The van der Waals surface area contributed by atoms with Gasteiger partial charge >= 0.3 is 0 Å². The van der Waals surface area contributed by atoms with E-state index in [9.17, 15) is 13.6 Å². The average molecular weight is 318 g/mol. The van der Waals surface area contributed by atoms with Gasteiger partial charge < -0.3 is 0 Å². The summed E-state index contributed by atoms with van der Waals surface area (Å²) >= 11 is 0. The number of carbonyl (C=O) groups excluding carboxylic acids is 1. The van der Waals surface area contributed by atoms with Gasteiger partial charge in [-0.05, 0) is 13.0 Å². The molecule has 1 aliphatic rings. The molecule has 0 unspecified atom stereocenters. The first kappa shape index (κ1) is 13.8. The normalized spacial score (nSPS) is 14.0. The third-order valence-electron chi connectivity index (χ3n) is 3.83. The SMILES string of the molecule is Cc1cc(C(F)F)n2ncc(C(=O)N3CCn4nccc43)c2n1. The third kappa shape index (κ3) is 2.00. The van der Waals surface area contributed by atoms with Crippen molar-refractivity contribution in [2.75, 3.05) is 11.4 Å². The Bertz CT molecular complexity index is 915. The zero-order valence-electron chi connectivity index (χ0n) is 12.1. The molecule has 0 aromatic carbocycles. The fourth-order valence-corrected chi connectivity index (χ4v) is 2.81. The summed E-state index contributed by atoms with van der Waals surface area (Å²) in [6, 6.07) is 3.00. The highest BCUT2D eigenvalue weighted by Crippen LogP contribution is 2.25. The lowest BCUT2D eigenvalue weighted by molar-refractivity contribution is 0.0990. The molecule has 4 heterocycles. The minimum Gasteiger partial charge on any atom is -0.291 e. The zero-order chi connectivity index (χ0) is 16.1. The maximum atomic E-state index is 13.1. The van der Waals surface area contributed by atoms with Gasteiger partial charge in [-0.25, -0.2) is 23.0 Å². The molecule has 3 aromatic rings. The summed E-state index contributed by atoms with van der Waals surface area (Å²) in [6.45, 7) is 2.69. The predicted molar refractivity (Wildman–Crippen MR) is 76.6 cm³/mol. The van der Waals surface area contributed by atoms with Crippen molar-refractivity contribution < 1.29 is 13.6 Å². The molecular formula is C14H12F2N6O. The Kier molecular flexibility index (Phi) is 2.90. The van der Waals surface area contributed by atoms with Crippen LogP contribution in [0.25, 0.3) is 5.65 Å². The van der Waals surface area contributed by atoms with Crippen LogP contribution in [0.3, 0.4) is 0 Å². The van der Waals surface area contributed by atoms with Gasteiger partial charge in [0, 0.05) is 18.3 Å². The van der Waals surface area contributed by atoms with E-state index in [0.717, 1.165) is 4.52 Å². The van der Waals surface area contributed by atoms with E-state index >= 15 is 0 Å². The molecule has 3 aromatic heterocycles. The number of rotatable bonds is 2. The Labute approximate surface area is 129 Å². The second kappa shape index (κ2) is 4.83. The molecule has 0 N–H and O–H groups in total. The lowest BCUT2D eigenvalue weighted by atomic mass is 10.2. The van der Waals surface area contributed by atoms with Crippen LogP contribution in [0.1, 0.15) is 28.2 Å². The number of aryl methyl sites for hydroxylation is 1. The maximum absolute atomic E-state index is 13.1. The summed E-state index contributed by atoms with van der Waals surface area (Å²) in [5, 5.41) is 8.03. The molecule has 0 fully saturated rings. The van der Waals surface area contributed by atoms with E-state index in [-0.39, 0.29) is 22.8 Å². The highest BCUT2D eigenvalue weighted by Gasteiger charge is 2.29. The summed E-state index contributed by atoms with van der Waals surface area (Å²) in [6.07, 6.45) is 0.201. The van der Waals surface area contributed by atoms with Crippen LogP contribution in [0, 0.1) is 6.92 Å². The van der Waals surface area contributed by atoms with Crippen LogP contribution in [0.4, 0.5) is 14.6 Å². The van der Waals surface area contributed by atoms with Crippen molar-refractivity contribution in [3.8, 4) is 0 Å². The van der Waals surface area contributed by atoms with Gasteiger partial charge in [-0.2, -0.15) is 10.2 Å². The van der Waals surface area contributed by atoms with Crippen LogP contribution in [-0.4, -0.2) is 36.8 Å². The molecule has 7 nitrogen and oxygen atoms in total. The highest BCUT2D eigenvalue weighted by atomic mass is 19.3. The van der Waals surface area contributed by atoms with E-state index < -0.39 is 6.43 Å². The summed E-state index contributed by atoms with van der Waals surface area (Å²) in [7, 11) is 0. The van der Waals surface area contributed by atoms with Crippen molar-refractivity contribution in [1.82, 2.24) is 24.4 Å². The first-order valence-electron chi connectivity index (χ1n) is 7.03. The van der Waals surface area contributed by atoms with Crippen molar-refractivity contribution in [3.05, 3.63) is 41.5 Å². The summed E-state index contributed by atoms with van der Waals surface area (Å²) < 4.78 is 29.0. The average Bonchev–Trinajstić information content (AvgIpc) is 3.20. The van der Waals surface area contributed by atoms with Crippen LogP contribution in [-0.2, 0) is 6.54 Å². The monoisotopic (exact) mass is 318 g/mol. The Morgan fingerprint density at radius 1 is 1.30 bits per heavy atom. The van der Waals surface area contributed by atoms with Gasteiger partial charge in [0.1, 0.15) is 17.1 Å². The summed E-state index contributed by atoms with van der Waals surface area (Å²) in [5.41, 5.74) is 0.473. The van der Waals surface area contributed by atoms with Crippen molar-refractivity contribution in [2.45, 2.75) is 19.9 Å². The Morgan fingerprint density at radius 2 is 2.13 bits per heavy atom. The molecule has 118 valence electrons. The minimum atomic E-state index is -2.70. The smallest absolute Gasteiger partial charge is 0.280 e. The number of fused-ring (bicyclic) bond motifs is 2. The molecule has 0 saturated carbocycles. The standard InChI is InChI=1S/C14H12F2N6O/c1-8-6-10(12(15)16)22-13(19-8)9(7-18-22)14(23)20-4-5-21-11(20)2-3-17-21/h2-3,6-7,12H,4-5H2,1H3. The number of nitrogens with zero attached hydrogens (tertiary/aromatic N) is 6. The van der Waals surface area contributed by atoms with E-state index in [1.54, 1.807) is 28.8 Å². The van der Waals surface area contributed by atoms with Crippen LogP contribution >= 0.6 is 0 Å². The zero-order valence-corrected chi connectivity index (χ0v) is 12.1. The van der Waals surface area contributed by atoms with E-state index in [2.05, 4.69) is 15.2 Å². The van der Waals surface area contributed by atoms with E-state index in [0.29, 0.717) is 24.6 Å². The number of alkyl halides is 2. The fourth-order valence-electron chi connectivity index (χ4n) is 2.81. The van der Waals surface area contributed by atoms with Gasteiger partial charge in [0.2, 0.25) is 0 Å². The molecular weight excluding hydrogens is 306 g/mol. The molecule has 9 heteroatoms. The summed E-state index contributed by atoms with van der Waals surface area (Å²) in [5.74, 6) is 0.355. The van der Waals surface area contributed by atoms with E-state index in [1.165, 1.54) is 12.3 Å². The second-order valence-electron chi connectivity index (χ2n) is 5.29. The quantitative estimate of drug-likeness (QED) is 0.723. The van der Waals surface area contributed by atoms with Gasteiger partial charge in [-0.3, -0.25) is 9.69 Å². The number of hydrogen-bond donors (Lipinski definition) is 0. The molecule has 0 spiro atoms. The van der Waals surface area contributed by atoms with Gasteiger partial charge in [0.05, 0.1) is 18.9 Å². The predicted octanol–water partition coefficient (Wildman–Crippen LogP) is 1.83. The third-order valence-corrected chi connectivity index (χ3v) is 3.83. The van der Waals surface area contributed by atoms with Crippen LogP contribution in [0.5, 0.6) is 0 Å². The lowest BCUT2D eigenvalue weighted by Gasteiger charge is -2.13. The van der Waals surface area contributed by atoms with E-state index in [1.807, 2.05) is 0 Å². The highest BCUT2D eigenvalue weighted by molar-refractivity contribution is 6.09. The molecule has 0 aliphatic carbocycles. The van der Waals surface area contributed by atoms with Gasteiger partial charge in [0.25, 0.3) is 12.3 Å². The number of amides is 1. The van der Waals surface area contributed by atoms with Crippen molar-refractivity contribution in [1.29, 1.82) is 0 Å². The minimum absolute atomic E-state index is 0.142. The molecule has 0 radical (unpaired) electrons. The summed E-state index contributed by atoms with van der Waals surface area (Å²) in [4.78, 5) is 18.5. The first-order valence-corrected chi connectivity index (χ1v) is 7.03. The number of anilines is 1. The molecule has 0 saturated heterocycles. The molecule has 0 atom stereocenters. The van der Waals surface area contributed by atoms with Crippen molar-refractivity contribution >= 4 is 17.4 Å². The Balaban J connectivity index is 1.83. The number of halogens is 2. The lowest BCUT2D eigenvalue weighted by Crippen LogP contribution is -2.28. The molecule has 23 heavy (non-hydrogen) atoms. The van der Waals surface area contributed by atoms with Crippen LogP contribution in [0.2, 0.25) is 0 Å². The van der Waals surface area contributed by atoms with Gasteiger partial charge in [-0.1, -0.05) is 0 Å². The Hall–Kier alpha value is -2.84.